The van der Waals surface area contributed by atoms with E-state index in [1.165, 1.54) is 11.8 Å². The molecule has 0 heterocycles. The maximum absolute atomic E-state index is 11.5. The van der Waals surface area contributed by atoms with Gasteiger partial charge in [-0.05, 0) is 19.8 Å². The monoisotopic (exact) mass is 262 g/mol. The minimum absolute atomic E-state index is 0.0886. The smallest absolute Gasteiger partial charge is 0.321 e. The first-order valence-electron chi connectivity index (χ1n) is 5.56. The van der Waals surface area contributed by atoms with Crippen LogP contribution in [-0.4, -0.2) is 40.1 Å². The van der Waals surface area contributed by atoms with Crippen molar-refractivity contribution in [3.63, 3.8) is 0 Å². The Kier molecular flexibility index (Phi) is 6.56. The summed E-state index contributed by atoms with van der Waals surface area (Å²) < 4.78 is -0.666. The van der Waals surface area contributed by atoms with Gasteiger partial charge in [0.1, 0.15) is 6.04 Å². The summed E-state index contributed by atoms with van der Waals surface area (Å²) in [7, 11) is 0. The SMILES string of the molecule is CC(C)CNC(=O)CSC(C)(C)[C@@H](N)C(=O)O. The third-order valence-corrected chi connectivity index (χ3v) is 3.70. The average Bonchev–Trinajstić information content (AvgIpc) is 2.22. The lowest BCUT2D eigenvalue weighted by Crippen LogP contribution is -2.47. The highest BCUT2D eigenvalue weighted by Crippen LogP contribution is 2.27. The average molecular weight is 262 g/mol. The van der Waals surface area contributed by atoms with E-state index >= 15 is 0 Å². The van der Waals surface area contributed by atoms with Gasteiger partial charge >= 0.3 is 5.97 Å². The molecule has 0 aliphatic heterocycles. The molecule has 6 heteroatoms. The Morgan fingerprint density at radius 3 is 2.35 bits per heavy atom. The fourth-order valence-corrected chi connectivity index (χ4v) is 1.89. The van der Waals surface area contributed by atoms with Gasteiger partial charge in [0.2, 0.25) is 5.91 Å². The van der Waals surface area contributed by atoms with Crippen molar-refractivity contribution in [1.82, 2.24) is 5.32 Å². The zero-order chi connectivity index (χ0) is 13.6. The van der Waals surface area contributed by atoms with Crippen LogP contribution in [0.4, 0.5) is 0 Å². The summed E-state index contributed by atoms with van der Waals surface area (Å²) in [6, 6.07) is -0.981. The number of thioether (sulfide) groups is 1. The van der Waals surface area contributed by atoms with Crippen LogP contribution < -0.4 is 11.1 Å². The third kappa shape index (κ3) is 6.53. The molecule has 0 saturated heterocycles. The van der Waals surface area contributed by atoms with Crippen molar-refractivity contribution in [2.24, 2.45) is 11.7 Å². The van der Waals surface area contributed by atoms with Crippen molar-refractivity contribution in [2.75, 3.05) is 12.3 Å². The molecule has 0 bridgehead atoms. The second kappa shape index (κ2) is 6.86. The van der Waals surface area contributed by atoms with Gasteiger partial charge in [-0.25, -0.2) is 0 Å². The summed E-state index contributed by atoms with van der Waals surface area (Å²) in [5.41, 5.74) is 5.55. The zero-order valence-corrected chi connectivity index (χ0v) is 11.6. The summed E-state index contributed by atoms with van der Waals surface area (Å²) >= 11 is 1.26. The van der Waals surface area contributed by atoms with Gasteiger partial charge in [0.25, 0.3) is 0 Å². The van der Waals surface area contributed by atoms with Crippen LogP contribution in [0.3, 0.4) is 0 Å². The molecule has 4 N–H and O–H groups in total. The molecule has 0 radical (unpaired) electrons. The molecule has 0 saturated carbocycles. The number of carboxylic acids is 1. The number of amides is 1. The van der Waals surface area contributed by atoms with E-state index in [0.29, 0.717) is 12.5 Å². The van der Waals surface area contributed by atoms with Crippen molar-refractivity contribution in [3.8, 4) is 0 Å². The zero-order valence-electron chi connectivity index (χ0n) is 10.8. The van der Waals surface area contributed by atoms with Crippen molar-refractivity contribution in [3.05, 3.63) is 0 Å². The van der Waals surface area contributed by atoms with E-state index in [0.717, 1.165) is 0 Å². The van der Waals surface area contributed by atoms with Crippen LogP contribution in [0.15, 0.2) is 0 Å². The lowest BCUT2D eigenvalue weighted by molar-refractivity contribution is -0.139. The van der Waals surface area contributed by atoms with Crippen molar-refractivity contribution in [2.45, 2.75) is 38.5 Å². The van der Waals surface area contributed by atoms with E-state index in [1.807, 2.05) is 13.8 Å². The summed E-state index contributed by atoms with van der Waals surface area (Å²) in [6.45, 7) is 8.11. The predicted octanol–water partition coefficient (Wildman–Crippen LogP) is 0.682. The highest BCUT2D eigenvalue weighted by Gasteiger charge is 2.33. The van der Waals surface area contributed by atoms with Crippen LogP contribution in [-0.2, 0) is 9.59 Å². The summed E-state index contributed by atoms with van der Waals surface area (Å²) in [6.07, 6.45) is 0. The normalized spacial score (nSPS) is 13.5. The third-order valence-electron chi connectivity index (χ3n) is 2.30. The van der Waals surface area contributed by atoms with E-state index in [-0.39, 0.29) is 11.7 Å². The fraction of sp³-hybridized carbons (Fsp3) is 0.818. The molecule has 0 aromatic carbocycles. The molecule has 0 spiro atoms. The Labute approximate surface area is 107 Å². The molecular weight excluding hydrogens is 240 g/mol. The first-order chi connectivity index (χ1) is 7.66. The molecule has 0 aromatic rings. The van der Waals surface area contributed by atoms with Gasteiger partial charge in [-0.15, -0.1) is 11.8 Å². The van der Waals surface area contributed by atoms with E-state index in [1.54, 1.807) is 13.8 Å². The van der Waals surface area contributed by atoms with Crippen molar-refractivity contribution < 1.29 is 14.7 Å². The quantitative estimate of drug-likeness (QED) is 0.627. The topological polar surface area (TPSA) is 92.4 Å². The molecule has 0 rings (SSSR count). The van der Waals surface area contributed by atoms with Crippen LogP contribution in [0.2, 0.25) is 0 Å². The molecule has 100 valence electrons. The summed E-state index contributed by atoms with van der Waals surface area (Å²) in [5.74, 6) is -0.515. The summed E-state index contributed by atoms with van der Waals surface area (Å²) in [4.78, 5) is 22.2. The minimum atomic E-state index is -1.05. The number of aliphatic carboxylic acids is 1. The minimum Gasteiger partial charge on any atom is -0.480 e. The molecule has 0 aliphatic carbocycles. The van der Waals surface area contributed by atoms with Crippen LogP contribution in [0.1, 0.15) is 27.7 Å². The maximum Gasteiger partial charge on any atom is 0.321 e. The Morgan fingerprint density at radius 2 is 1.94 bits per heavy atom. The lowest BCUT2D eigenvalue weighted by atomic mass is 10.1. The number of rotatable bonds is 7. The van der Waals surface area contributed by atoms with Crippen LogP contribution in [0, 0.1) is 5.92 Å². The first-order valence-corrected chi connectivity index (χ1v) is 6.54. The molecule has 0 unspecified atom stereocenters. The number of nitrogens with one attached hydrogen (secondary N) is 1. The highest BCUT2D eigenvalue weighted by atomic mass is 32.2. The lowest BCUT2D eigenvalue weighted by Gasteiger charge is -2.27. The van der Waals surface area contributed by atoms with E-state index < -0.39 is 16.8 Å². The van der Waals surface area contributed by atoms with Gasteiger partial charge in [-0.3, -0.25) is 9.59 Å². The van der Waals surface area contributed by atoms with Gasteiger partial charge in [0, 0.05) is 11.3 Å². The van der Waals surface area contributed by atoms with Gasteiger partial charge in [-0.1, -0.05) is 13.8 Å². The van der Waals surface area contributed by atoms with E-state index in [9.17, 15) is 9.59 Å². The Hall–Kier alpha value is -0.750. The highest BCUT2D eigenvalue weighted by molar-refractivity contribution is 8.01. The number of hydrogen-bond donors (Lipinski definition) is 3. The fourth-order valence-electron chi connectivity index (χ4n) is 1.01. The van der Waals surface area contributed by atoms with Crippen LogP contribution in [0.25, 0.3) is 0 Å². The second-order valence-electron chi connectivity index (χ2n) is 4.91. The molecule has 0 aliphatic rings. The molecule has 17 heavy (non-hydrogen) atoms. The predicted molar refractivity (Wildman–Crippen MR) is 70.0 cm³/mol. The van der Waals surface area contributed by atoms with Crippen molar-refractivity contribution in [1.29, 1.82) is 0 Å². The molecule has 0 fully saturated rings. The van der Waals surface area contributed by atoms with E-state index in [4.69, 9.17) is 10.8 Å². The molecule has 0 aromatic heterocycles. The number of carbonyl (C=O) groups excluding carboxylic acids is 1. The number of carboxylic acid groups (broad SMARTS) is 1. The van der Waals surface area contributed by atoms with Crippen LogP contribution in [0.5, 0.6) is 0 Å². The number of hydrogen-bond acceptors (Lipinski definition) is 4. The standard InChI is InChI=1S/C11H22N2O3S/c1-7(2)5-13-8(14)6-17-11(3,4)9(12)10(15)16/h7,9H,5-6,12H2,1-4H3,(H,13,14)(H,15,16)/t9-/m0/s1. The van der Waals surface area contributed by atoms with E-state index in [2.05, 4.69) is 5.32 Å². The molecular formula is C11H22N2O3S. The van der Waals surface area contributed by atoms with Gasteiger partial charge in [0.15, 0.2) is 0 Å². The Morgan fingerprint density at radius 1 is 1.41 bits per heavy atom. The number of nitrogens with two attached hydrogens (primary N) is 1. The molecule has 1 atom stereocenters. The molecule has 5 nitrogen and oxygen atoms in total. The maximum atomic E-state index is 11.5. The van der Waals surface area contributed by atoms with Crippen LogP contribution >= 0.6 is 11.8 Å². The number of carbonyl (C=O) groups is 2. The summed E-state index contributed by atoms with van der Waals surface area (Å²) in [5, 5.41) is 11.6. The van der Waals surface area contributed by atoms with Gasteiger partial charge < -0.3 is 16.2 Å². The second-order valence-corrected chi connectivity index (χ2v) is 6.54. The Balaban J connectivity index is 4.09. The molecule has 1 amide bonds. The van der Waals surface area contributed by atoms with Crippen molar-refractivity contribution >= 4 is 23.6 Å². The van der Waals surface area contributed by atoms with Gasteiger partial charge in [-0.2, -0.15) is 0 Å². The Bertz CT molecular complexity index is 280. The largest absolute Gasteiger partial charge is 0.480 e. The first kappa shape index (κ1) is 16.2. The van der Waals surface area contributed by atoms with Gasteiger partial charge in [0.05, 0.1) is 5.75 Å².